The molecular formula is C20H32N6O5. The molecule has 3 amide bonds. The zero-order valence-corrected chi connectivity index (χ0v) is 18.6. The number of fused-ring (bicyclic) bond motifs is 2. The van der Waals surface area contributed by atoms with E-state index in [1.807, 2.05) is 5.01 Å². The standard InChI is InChI=1S/C10H15N3O3.C10H17N3O2/c1-6(14)8-3-4-12-9(15)5-7(11-2)10(16)13(8)12;1-7(14)9-4-6-12-5-3-8(11-2)10(15)13(9)12/h7-8,11H,3-5H2,1-2H3;8-9,11H,3-6H2,1-2H3. The molecule has 4 aliphatic rings. The van der Waals surface area contributed by atoms with E-state index in [1.165, 1.54) is 16.9 Å². The summed E-state index contributed by atoms with van der Waals surface area (Å²) < 4.78 is 0. The third kappa shape index (κ3) is 4.35. The van der Waals surface area contributed by atoms with Gasteiger partial charge in [-0.25, -0.2) is 10.0 Å². The largest absolute Gasteiger partial charge is 0.309 e. The normalized spacial score (nSPS) is 30.7. The fourth-order valence-corrected chi connectivity index (χ4v) is 4.70. The molecule has 11 nitrogen and oxygen atoms in total. The summed E-state index contributed by atoms with van der Waals surface area (Å²) in [5.41, 5.74) is 0. The smallest absolute Gasteiger partial charge is 0.259 e. The van der Waals surface area contributed by atoms with Crippen LogP contribution in [0.4, 0.5) is 0 Å². The molecule has 0 aromatic carbocycles. The van der Waals surface area contributed by atoms with Crippen LogP contribution in [0.25, 0.3) is 0 Å². The van der Waals surface area contributed by atoms with Gasteiger partial charge in [0.2, 0.25) is 5.91 Å². The fourth-order valence-electron chi connectivity index (χ4n) is 4.70. The average molecular weight is 437 g/mol. The van der Waals surface area contributed by atoms with Crippen molar-refractivity contribution < 1.29 is 24.0 Å². The van der Waals surface area contributed by atoms with Gasteiger partial charge in [0.15, 0.2) is 11.6 Å². The second-order valence-corrected chi connectivity index (χ2v) is 8.34. The summed E-state index contributed by atoms with van der Waals surface area (Å²) in [4.78, 5) is 58.6. The molecule has 4 aliphatic heterocycles. The number of ketones is 2. The third-order valence-electron chi connectivity index (χ3n) is 6.46. The predicted molar refractivity (Wildman–Crippen MR) is 110 cm³/mol. The Bertz CT molecular complexity index is 767. The summed E-state index contributed by atoms with van der Waals surface area (Å²) in [5, 5.41) is 12.2. The summed E-state index contributed by atoms with van der Waals surface area (Å²) >= 11 is 0. The lowest BCUT2D eigenvalue weighted by molar-refractivity contribution is -0.171. The van der Waals surface area contributed by atoms with Crippen molar-refractivity contribution in [1.29, 1.82) is 0 Å². The van der Waals surface area contributed by atoms with Gasteiger partial charge in [0.25, 0.3) is 11.8 Å². The van der Waals surface area contributed by atoms with Crippen molar-refractivity contribution in [2.45, 2.75) is 63.7 Å². The summed E-state index contributed by atoms with van der Waals surface area (Å²) in [5.74, 6) is -0.216. The van der Waals surface area contributed by atoms with Crippen LogP contribution in [-0.4, -0.2) is 107 Å². The molecule has 4 rings (SSSR count). The van der Waals surface area contributed by atoms with E-state index >= 15 is 0 Å². The van der Waals surface area contributed by atoms with Crippen molar-refractivity contribution in [1.82, 2.24) is 30.7 Å². The van der Waals surface area contributed by atoms with E-state index in [4.69, 9.17) is 0 Å². The second-order valence-electron chi connectivity index (χ2n) is 8.34. The van der Waals surface area contributed by atoms with Crippen molar-refractivity contribution in [3.05, 3.63) is 0 Å². The predicted octanol–water partition coefficient (Wildman–Crippen LogP) is -1.70. The van der Waals surface area contributed by atoms with Crippen LogP contribution in [0.15, 0.2) is 0 Å². The molecule has 0 aromatic heterocycles. The number of nitrogens with zero attached hydrogens (tertiary/aromatic N) is 4. The average Bonchev–Trinajstić information content (AvgIpc) is 3.37. The number of nitrogens with one attached hydrogen (secondary N) is 2. The Morgan fingerprint density at radius 2 is 1.29 bits per heavy atom. The lowest BCUT2D eigenvalue weighted by atomic mass is 10.1. The maximum atomic E-state index is 12.0. The Hall–Kier alpha value is -2.37. The van der Waals surface area contributed by atoms with Crippen molar-refractivity contribution in [2.75, 3.05) is 33.7 Å². The first kappa shape index (κ1) is 23.3. The van der Waals surface area contributed by atoms with Crippen LogP contribution in [0, 0.1) is 0 Å². The van der Waals surface area contributed by atoms with Crippen LogP contribution in [0.3, 0.4) is 0 Å². The molecule has 31 heavy (non-hydrogen) atoms. The van der Waals surface area contributed by atoms with Gasteiger partial charge in [-0.3, -0.25) is 34.0 Å². The second kappa shape index (κ2) is 9.41. The van der Waals surface area contributed by atoms with Crippen LogP contribution in [0.2, 0.25) is 0 Å². The number of likely N-dealkylation sites (N-methyl/N-ethyl adjacent to an activating group) is 2. The van der Waals surface area contributed by atoms with Gasteiger partial charge >= 0.3 is 0 Å². The number of carbonyl (C=O) groups is 5. The minimum Gasteiger partial charge on any atom is -0.309 e. The van der Waals surface area contributed by atoms with Crippen molar-refractivity contribution in [2.24, 2.45) is 0 Å². The van der Waals surface area contributed by atoms with Gasteiger partial charge in [0.1, 0.15) is 12.1 Å². The van der Waals surface area contributed by atoms with Gasteiger partial charge in [-0.2, -0.15) is 0 Å². The van der Waals surface area contributed by atoms with E-state index in [9.17, 15) is 24.0 Å². The molecule has 0 saturated carbocycles. The topological polar surface area (TPSA) is 122 Å². The number of Topliss-reactive ketones (excluding diaryl/α,β-unsaturated/α-hetero) is 2. The van der Waals surface area contributed by atoms with Gasteiger partial charge in [0.05, 0.1) is 18.5 Å². The number of hydrogen-bond donors (Lipinski definition) is 2. The summed E-state index contributed by atoms with van der Waals surface area (Å²) in [6, 6.07) is -1.31. The molecule has 172 valence electrons. The van der Waals surface area contributed by atoms with Crippen LogP contribution in [-0.2, 0) is 24.0 Å². The quantitative estimate of drug-likeness (QED) is 0.535. The Labute approximate surface area is 182 Å². The van der Waals surface area contributed by atoms with Crippen LogP contribution in [0.1, 0.15) is 39.5 Å². The molecular weight excluding hydrogens is 404 g/mol. The van der Waals surface area contributed by atoms with E-state index in [-0.39, 0.29) is 47.8 Å². The van der Waals surface area contributed by atoms with Crippen molar-refractivity contribution >= 4 is 29.3 Å². The monoisotopic (exact) mass is 436 g/mol. The molecule has 4 unspecified atom stereocenters. The van der Waals surface area contributed by atoms with Crippen LogP contribution in [0.5, 0.6) is 0 Å². The number of hydrogen-bond acceptors (Lipinski definition) is 8. The SMILES string of the molecule is CNC1CC(=O)N2CCC(C(C)=O)N2C1=O.CNC1CCN2CCC(C(C)=O)N2C1=O. The van der Waals surface area contributed by atoms with E-state index in [1.54, 1.807) is 26.0 Å². The number of carbonyl (C=O) groups excluding carboxylic acids is 5. The lowest BCUT2D eigenvalue weighted by Crippen LogP contribution is -2.61. The van der Waals surface area contributed by atoms with E-state index in [2.05, 4.69) is 10.6 Å². The maximum Gasteiger partial charge on any atom is 0.259 e. The highest BCUT2D eigenvalue weighted by atomic mass is 16.2. The van der Waals surface area contributed by atoms with Crippen molar-refractivity contribution in [3.8, 4) is 0 Å². The molecule has 2 N–H and O–H groups in total. The molecule has 0 radical (unpaired) electrons. The fraction of sp³-hybridized carbons (Fsp3) is 0.750. The van der Waals surface area contributed by atoms with Gasteiger partial charge < -0.3 is 10.6 Å². The molecule has 4 heterocycles. The number of rotatable bonds is 4. The highest BCUT2D eigenvalue weighted by Gasteiger charge is 2.47. The van der Waals surface area contributed by atoms with E-state index < -0.39 is 12.1 Å². The van der Waals surface area contributed by atoms with Gasteiger partial charge in [-0.05, 0) is 47.2 Å². The molecule has 0 bridgehead atoms. The Morgan fingerprint density at radius 3 is 1.87 bits per heavy atom. The Balaban J connectivity index is 0.000000176. The van der Waals surface area contributed by atoms with Gasteiger partial charge in [0, 0.05) is 19.6 Å². The minimum atomic E-state index is -0.497. The highest BCUT2D eigenvalue weighted by molar-refractivity contribution is 5.97. The van der Waals surface area contributed by atoms with Crippen LogP contribution < -0.4 is 10.6 Å². The molecule has 4 saturated heterocycles. The third-order valence-corrected chi connectivity index (χ3v) is 6.46. The van der Waals surface area contributed by atoms with Gasteiger partial charge in [-0.1, -0.05) is 0 Å². The van der Waals surface area contributed by atoms with E-state index in [0.717, 1.165) is 25.9 Å². The summed E-state index contributed by atoms with van der Waals surface area (Å²) in [7, 11) is 3.43. The van der Waals surface area contributed by atoms with E-state index in [0.29, 0.717) is 13.0 Å². The first-order valence-corrected chi connectivity index (χ1v) is 10.8. The first-order chi connectivity index (χ1) is 14.7. The van der Waals surface area contributed by atoms with Gasteiger partial charge in [-0.15, -0.1) is 0 Å². The number of amides is 3. The molecule has 11 heteroatoms. The molecule has 0 aromatic rings. The minimum absolute atomic E-state index is 0.0430. The molecule has 0 spiro atoms. The highest BCUT2D eigenvalue weighted by Crippen LogP contribution is 2.26. The van der Waals surface area contributed by atoms with Crippen LogP contribution >= 0.6 is 0 Å². The zero-order valence-electron chi connectivity index (χ0n) is 18.6. The summed E-state index contributed by atoms with van der Waals surface area (Å²) in [6.07, 6.45) is 2.33. The Morgan fingerprint density at radius 1 is 0.774 bits per heavy atom. The zero-order chi connectivity index (χ0) is 22.9. The van der Waals surface area contributed by atoms with Crippen molar-refractivity contribution in [3.63, 3.8) is 0 Å². The lowest BCUT2D eigenvalue weighted by Gasteiger charge is -2.38. The first-order valence-electron chi connectivity index (χ1n) is 10.8. The molecule has 0 aliphatic carbocycles. The number of hydrazine groups is 2. The molecule has 4 fully saturated rings. The Kier molecular flexibility index (Phi) is 7.07. The summed E-state index contributed by atoms with van der Waals surface area (Å²) in [6.45, 7) is 5.16. The molecule has 4 atom stereocenters. The maximum absolute atomic E-state index is 12.0.